The molecular formula is C13H9F2KNO2. The number of rotatable bonds is 2. The van der Waals surface area contributed by atoms with Gasteiger partial charge in [0.1, 0.15) is 11.6 Å². The van der Waals surface area contributed by atoms with Crippen molar-refractivity contribution in [3.8, 4) is 11.1 Å². The topological polar surface area (TPSA) is 43.1 Å². The Hall–Kier alpha value is -0.664. The number of nitro groups is 1. The Morgan fingerprint density at radius 3 is 2.53 bits per heavy atom. The second kappa shape index (κ2) is 6.67. The fourth-order valence-corrected chi connectivity index (χ4v) is 1.76. The van der Waals surface area contributed by atoms with Crippen molar-refractivity contribution in [2.24, 2.45) is 0 Å². The molecule has 19 heavy (non-hydrogen) atoms. The van der Waals surface area contributed by atoms with Gasteiger partial charge in [0, 0.05) is 11.6 Å². The van der Waals surface area contributed by atoms with Gasteiger partial charge in [-0.3, -0.25) is 10.1 Å². The van der Waals surface area contributed by atoms with Gasteiger partial charge in [-0.05, 0) is 30.7 Å². The molecule has 0 bridgehead atoms. The van der Waals surface area contributed by atoms with Crippen LogP contribution in [0.1, 0.15) is 5.56 Å². The number of halogens is 2. The first kappa shape index (κ1) is 16.4. The van der Waals surface area contributed by atoms with Crippen molar-refractivity contribution >= 4 is 57.1 Å². The van der Waals surface area contributed by atoms with E-state index < -0.39 is 16.6 Å². The summed E-state index contributed by atoms with van der Waals surface area (Å²) in [4.78, 5) is 10.3. The minimum absolute atomic E-state index is 0. The number of benzene rings is 2. The molecule has 0 unspecified atom stereocenters. The normalized spacial score (nSPS) is 9.84. The molecule has 0 atom stereocenters. The standard InChI is InChI=1S/C13H8F2NO2.K.H/c1-8-3-2-4-12(16(17)18)13(8)10-6-5-9(14)7-11(10)15;;/h2-3,5-7H,1H3;;. The molecule has 0 amide bonds. The molecule has 0 saturated carbocycles. The fourth-order valence-electron chi connectivity index (χ4n) is 1.76. The van der Waals surface area contributed by atoms with Gasteiger partial charge >= 0.3 is 51.4 Å². The number of hydrogen-bond donors (Lipinski definition) is 0. The van der Waals surface area contributed by atoms with E-state index in [4.69, 9.17) is 0 Å². The molecule has 0 spiro atoms. The van der Waals surface area contributed by atoms with E-state index in [1.54, 1.807) is 13.0 Å². The van der Waals surface area contributed by atoms with E-state index in [1.165, 1.54) is 12.1 Å². The first-order valence-electron chi connectivity index (χ1n) is 5.12. The van der Waals surface area contributed by atoms with Gasteiger partial charge in [-0.25, -0.2) is 8.78 Å². The molecule has 0 aliphatic carbocycles. The van der Waals surface area contributed by atoms with Crippen LogP contribution < -0.4 is 0 Å². The molecule has 0 aliphatic rings. The molecule has 0 aliphatic heterocycles. The summed E-state index contributed by atoms with van der Waals surface area (Å²) in [5.41, 5.74) is 0.337. The average molecular weight is 288 g/mol. The monoisotopic (exact) mass is 288 g/mol. The molecular weight excluding hydrogens is 279 g/mol. The van der Waals surface area contributed by atoms with Crippen LogP contribution in [0.5, 0.6) is 0 Å². The van der Waals surface area contributed by atoms with E-state index in [0.717, 1.165) is 6.07 Å². The van der Waals surface area contributed by atoms with Crippen LogP contribution in [0.15, 0.2) is 30.3 Å². The van der Waals surface area contributed by atoms with Crippen molar-refractivity contribution in [2.45, 2.75) is 6.92 Å². The molecule has 93 valence electrons. The van der Waals surface area contributed by atoms with Gasteiger partial charge in [-0.1, -0.05) is 6.07 Å². The minimum atomic E-state index is -0.833. The Balaban J connectivity index is 0.00000180. The molecule has 6 heteroatoms. The maximum atomic E-state index is 13.7. The average Bonchev–Trinajstić information content (AvgIpc) is 2.29. The number of hydrogen-bond acceptors (Lipinski definition) is 2. The van der Waals surface area contributed by atoms with Crippen molar-refractivity contribution < 1.29 is 13.7 Å². The SMILES string of the molecule is Cc1cc[c]c([N+](=O)[O-])c1-c1ccc(F)cc1F.[KH]. The zero-order valence-corrected chi connectivity index (χ0v) is 9.41. The van der Waals surface area contributed by atoms with Gasteiger partial charge in [0.15, 0.2) is 0 Å². The summed E-state index contributed by atoms with van der Waals surface area (Å²) in [5, 5.41) is 10.9. The molecule has 0 aromatic heterocycles. The van der Waals surface area contributed by atoms with Crippen LogP contribution in [0.4, 0.5) is 14.5 Å². The predicted molar refractivity (Wildman–Crippen MR) is 69.2 cm³/mol. The van der Waals surface area contributed by atoms with Gasteiger partial charge in [0.05, 0.1) is 16.6 Å². The van der Waals surface area contributed by atoms with Crippen LogP contribution in [0.2, 0.25) is 0 Å². The zero-order valence-electron chi connectivity index (χ0n) is 9.41. The quantitative estimate of drug-likeness (QED) is 0.484. The molecule has 0 heterocycles. The van der Waals surface area contributed by atoms with Crippen LogP contribution in [0, 0.1) is 34.7 Å². The van der Waals surface area contributed by atoms with Crippen molar-refractivity contribution in [3.63, 3.8) is 0 Å². The van der Waals surface area contributed by atoms with Crippen molar-refractivity contribution in [3.05, 3.63) is 63.7 Å². The second-order valence-electron chi connectivity index (χ2n) is 3.77. The van der Waals surface area contributed by atoms with Crippen LogP contribution in [0.3, 0.4) is 0 Å². The number of nitrogens with zero attached hydrogens (tertiary/aromatic N) is 1. The van der Waals surface area contributed by atoms with Gasteiger partial charge in [-0.15, -0.1) is 0 Å². The summed E-state index contributed by atoms with van der Waals surface area (Å²) >= 11 is 0. The third-order valence-corrected chi connectivity index (χ3v) is 2.57. The summed E-state index contributed by atoms with van der Waals surface area (Å²) in [6.45, 7) is 1.62. The van der Waals surface area contributed by atoms with E-state index in [0.29, 0.717) is 11.6 Å². The molecule has 0 N–H and O–H groups in total. The summed E-state index contributed by atoms with van der Waals surface area (Å²) in [5.74, 6) is -1.56. The first-order valence-corrected chi connectivity index (χ1v) is 5.12. The van der Waals surface area contributed by atoms with Crippen LogP contribution >= 0.6 is 0 Å². The van der Waals surface area contributed by atoms with Gasteiger partial charge in [0.2, 0.25) is 0 Å². The van der Waals surface area contributed by atoms with Crippen LogP contribution in [-0.4, -0.2) is 56.3 Å². The number of nitro benzene ring substituents is 1. The van der Waals surface area contributed by atoms with E-state index >= 15 is 0 Å². The maximum absolute atomic E-state index is 13.7. The Morgan fingerprint density at radius 1 is 1.26 bits per heavy atom. The fraction of sp³-hybridized carbons (Fsp3) is 0.0769. The molecule has 0 saturated heterocycles. The summed E-state index contributed by atoms with van der Waals surface area (Å²) < 4.78 is 26.5. The predicted octanol–water partition coefficient (Wildman–Crippen LogP) is 3.00. The Kier molecular flexibility index (Phi) is 5.75. The van der Waals surface area contributed by atoms with Crippen molar-refractivity contribution in [1.29, 1.82) is 0 Å². The zero-order chi connectivity index (χ0) is 13.3. The van der Waals surface area contributed by atoms with Gasteiger partial charge in [0.25, 0.3) is 5.69 Å². The Morgan fingerprint density at radius 2 is 1.95 bits per heavy atom. The third-order valence-electron chi connectivity index (χ3n) is 2.57. The number of aryl methyl sites for hydroxylation is 1. The van der Waals surface area contributed by atoms with Crippen molar-refractivity contribution in [2.75, 3.05) is 0 Å². The Bertz CT molecular complexity index is 632. The molecule has 2 aromatic rings. The third kappa shape index (κ3) is 3.46. The van der Waals surface area contributed by atoms with Crippen LogP contribution in [-0.2, 0) is 0 Å². The first-order chi connectivity index (χ1) is 8.50. The second-order valence-corrected chi connectivity index (χ2v) is 3.77. The van der Waals surface area contributed by atoms with E-state index in [9.17, 15) is 18.9 Å². The molecule has 3 nitrogen and oxygen atoms in total. The van der Waals surface area contributed by atoms with E-state index in [1.807, 2.05) is 0 Å². The van der Waals surface area contributed by atoms with Crippen LogP contribution in [0.25, 0.3) is 11.1 Å². The van der Waals surface area contributed by atoms with E-state index in [2.05, 4.69) is 6.07 Å². The summed E-state index contributed by atoms with van der Waals surface area (Å²) in [6.07, 6.45) is 0. The molecule has 0 fully saturated rings. The molecule has 2 rings (SSSR count). The Labute approximate surface area is 151 Å². The summed E-state index contributed by atoms with van der Waals surface area (Å²) in [6, 6.07) is 8.40. The molecule has 2 aromatic carbocycles. The molecule has 1 radical (unpaired) electrons. The van der Waals surface area contributed by atoms with Crippen molar-refractivity contribution in [1.82, 2.24) is 0 Å². The summed E-state index contributed by atoms with van der Waals surface area (Å²) in [7, 11) is 0. The van der Waals surface area contributed by atoms with Gasteiger partial charge < -0.3 is 0 Å². The van der Waals surface area contributed by atoms with E-state index in [-0.39, 0.29) is 68.2 Å². The van der Waals surface area contributed by atoms with Gasteiger partial charge in [-0.2, -0.15) is 0 Å².